The molecule has 1 aromatic carbocycles. The number of aryl methyl sites for hydroxylation is 1. The Morgan fingerprint density at radius 2 is 1.94 bits per heavy atom. The molecule has 1 heterocycles. The number of benzene rings is 1. The van der Waals surface area contributed by atoms with E-state index in [4.69, 9.17) is 4.74 Å². The average molecular weight is 245 g/mol. The second-order valence-electron chi connectivity index (χ2n) is 5.36. The van der Waals surface area contributed by atoms with Gasteiger partial charge in [-0.3, -0.25) is 0 Å². The van der Waals surface area contributed by atoms with Gasteiger partial charge in [-0.05, 0) is 50.8 Å². The highest BCUT2D eigenvalue weighted by Gasteiger charge is 2.22. The van der Waals surface area contributed by atoms with Crippen molar-refractivity contribution >= 4 is 19.0 Å². The molecule has 0 unspecified atom stereocenters. The van der Waals surface area contributed by atoms with Gasteiger partial charge in [-0.2, -0.15) is 0 Å². The number of rotatable bonds is 3. The molecule has 0 saturated carbocycles. The molecule has 2 nitrogen and oxygen atoms in total. The Balaban J connectivity index is 2.31. The third kappa shape index (κ3) is 2.72. The summed E-state index contributed by atoms with van der Waals surface area (Å²) in [7, 11) is 2.19. The summed E-state index contributed by atoms with van der Waals surface area (Å²) in [4.78, 5) is 2.57. The molecule has 2 rings (SSSR count). The van der Waals surface area contributed by atoms with E-state index in [-0.39, 0.29) is 0 Å². The maximum absolute atomic E-state index is 5.48. The van der Waals surface area contributed by atoms with Crippen molar-refractivity contribution in [2.24, 2.45) is 0 Å². The quantitative estimate of drug-likeness (QED) is 0.749. The van der Waals surface area contributed by atoms with Crippen LogP contribution >= 0.6 is 0 Å². The van der Waals surface area contributed by atoms with E-state index in [0.29, 0.717) is 6.04 Å². The van der Waals surface area contributed by atoms with Gasteiger partial charge >= 0.3 is 0 Å². The Labute approximate surface area is 112 Å². The maximum atomic E-state index is 5.48. The van der Waals surface area contributed by atoms with Crippen LogP contribution in [0.15, 0.2) is 12.1 Å². The first-order valence-corrected chi connectivity index (χ1v) is 7.05. The first-order chi connectivity index (χ1) is 8.63. The summed E-state index contributed by atoms with van der Waals surface area (Å²) < 4.78 is 5.48. The van der Waals surface area contributed by atoms with Crippen molar-refractivity contribution in [1.29, 1.82) is 0 Å². The van der Waals surface area contributed by atoms with Crippen LogP contribution < -0.4 is 10.4 Å². The van der Waals surface area contributed by atoms with Crippen LogP contribution in [-0.2, 0) is 4.74 Å². The van der Waals surface area contributed by atoms with Crippen molar-refractivity contribution in [3.8, 4) is 0 Å². The standard InChI is InChI=1S/C15H24BNO/c1-4-17(14-5-7-18-8-6-14)15-10-13(16)9-11(2)12(15)3/h9-10,14H,4-8,16H2,1-3H3. The highest BCUT2D eigenvalue weighted by atomic mass is 16.5. The molecule has 0 N–H and O–H groups in total. The average Bonchev–Trinajstić information content (AvgIpc) is 2.37. The Hall–Kier alpha value is -0.955. The van der Waals surface area contributed by atoms with Crippen molar-refractivity contribution in [2.45, 2.75) is 39.7 Å². The maximum Gasteiger partial charge on any atom is 0.139 e. The molecule has 0 aromatic heterocycles. The molecular formula is C15H24BNO. The van der Waals surface area contributed by atoms with Gasteiger partial charge in [-0.15, -0.1) is 0 Å². The van der Waals surface area contributed by atoms with Crippen LogP contribution in [0.25, 0.3) is 0 Å². The molecule has 18 heavy (non-hydrogen) atoms. The molecule has 1 aromatic rings. The zero-order valence-electron chi connectivity index (χ0n) is 12.1. The minimum absolute atomic E-state index is 0.642. The monoisotopic (exact) mass is 245 g/mol. The van der Waals surface area contributed by atoms with Gasteiger partial charge in [0.05, 0.1) is 0 Å². The molecule has 3 heteroatoms. The van der Waals surface area contributed by atoms with Gasteiger partial charge in [0.1, 0.15) is 7.85 Å². The first kappa shape index (κ1) is 13.5. The number of hydrogen-bond donors (Lipinski definition) is 0. The second-order valence-corrected chi connectivity index (χ2v) is 5.36. The Morgan fingerprint density at radius 1 is 1.28 bits per heavy atom. The molecular weight excluding hydrogens is 221 g/mol. The predicted molar refractivity (Wildman–Crippen MR) is 81.0 cm³/mol. The molecule has 0 bridgehead atoms. The van der Waals surface area contributed by atoms with Gasteiger partial charge < -0.3 is 9.64 Å². The van der Waals surface area contributed by atoms with Crippen molar-refractivity contribution in [3.05, 3.63) is 23.3 Å². The molecule has 0 aliphatic carbocycles. The molecule has 0 atom stereocenters. The fourth-order valence-corrected chi connectivity index (χ4v) is 2.94. The van der Waals surface area contributed by atoms with Gasteiger partial charge in [0.15, 0.2) is 0 Å². The highest BCUT2D eigenvalue weighted by Crippen LogP contribution is 2.26. The summed E-state index contributed by atoms with van der Waals surface area (Å²) in [5.74, 6) is 0. The van der Waals surface area contributed by atoms with Gasteiger partial charge in [-0.1, -0.05) is 11.5 Å². The van der Waals surface area contributed by atoms with Crippen LogP contribution in [-0.4, -0.2) is 33.6 Å². The molecule has 1 saturated heterocycles. The van der Waals surface area contributed by atoms with E-state index in [1.165, 1.54) is 22.3 Å². The van der Waals surface area contributed by atoms with Crippen molar-refractivity contribution in [1.82, 2.24) is 0 Å². The van der Waals surface area contributed by atoms with E-state index in [1.807, 2.05) is 0 Å². The van der Waals surface area contributed by atoms with E-state index in [0.717, 1.165) is 32.6 Å². The number of ether oxygens (including phenoxy) is 1. The lowest BCUT2D eigenvalue weighted by Crippen LogP contribution is -2.40. The van der Waals surface area contributed by atoms with Crippen molar-refractivity contribution < 1.29 is 4.74 Å². The van der Waals surface area contributed by atoms with E-state index in [9.17, 15) is 0 Å². The van der Waals surface area contributed by atoms with E-state index < -0.39 is 0 Å². The van der Waals surface area contributed by atoms with Gasteiger partial charge in [0.2, 0.25) is 0 Å². The molecule has 0 spiro atoms. The van der Waals surface area contributed by atoms with Crippen LogP contribution in [0.1, 0.15) is 30.9 Å². The predicted octanol–water partition coefficient (Wildman–Crippen LogP) is 1.57. The van der Waals surface area contributed by atoms with Crippen LogP contribution in [0, 0.1) is 13.8 Å². The first-order valence-electron chi connectivity index (χ1n) is 7.05. The van der Waals surface area contributed by atoms with Crippen LogP contribution in [0.2, 0.25) is 0 Å². The molecule has 98 valence electrons. The third-order valence-corrected chi connectivity index (χ3v) is 4.07. The number of nitrogens with zero attached hydrogens (tertiary/aromatic N) is 1. The Morgan fingerprint density at radius 3 is 2.56 bits per heavy atom. The normalized spacial score (nSPS) is 16.8. The smallest absolute Gasteiger partial charge is 0.139 e. The minimum atomic E-state index is 0.642. The fraction of sp³-hybridized carbons (Fsp3) is 0.600. The largest absolute Gasteiger partial charge is 0.381 e. The SMILES string of the molecule is Bc1cc(C)c(C)c(N(CC)C2CCOCC2)c1. The number of anilines is 1. The molecule has 0 amide bonds. The van der Waals surface area contributed by atoms with Gasteiger partial charge in [0.25, 0.3) is 0 Å². The van der Waals surface area contributed by atoms with Gasteiger partial charge in [0, 0.05) is 31.5 Å². The molecule has 1 aliphatic rings. The van der Waals surface area contributed by atoms with Crippen LogP contribution in [0.3, 0.4) is 0 Å². The molecule has 1 aliphatic heterocycles. The lowest BCUT2D eigenvalue weighted by atomic mass is 9.90. The summed E-state index contributed by atoms with van der Waals surface area (Å²) in [6.07, 6.45) is 2.31. The van der Waals surface area contributed by atoms with Gasteiger partial charge in [-0.25, -0.2) is 0 Å². The summed E-state index contributed by atoms with van der Waals surface area (Å²) in [6, 6.07) is 5.25. The second kappa shape index (κ2) is 5.79. The highest BCUT2D eigenvalue weighted by molar-refractivity contribution is 6.32. The van der Waals surface area contributed by atoms with E-state index in [2.05, 4.69) is 45.7 Å². The summed E-state index contributed by atoms with van der Waals surface area (Å²) in [5, 5.41) is 0. The fourth-order valence-electron chi connectivity index (χ4n) is 2.94. The summed E-state index contributed by atoms with van der Waals surface area (Å²) in [5.41, 5.74) is 5.60. The Bertz CT molecular complexity index is 413. The minimum Gasteiger partial charge on any atom is -0.381 e. The number of hydrogen-bond acceptors (Lipinski definition) is 2. The zero-order chi connectivity index (χ0) is 13.1. The topological polar surface area (TPSA) is 12.5 Å². The summed E-state index contributed by atoms with van der Waals surface area (Å²) in [6.45, 7) is 9.60. The van der Waals surface area contributed by atoms with Crippen LogP contribution in [0.4, 0.5) is 5.69 Å². The zero-order valence-corrected chi connectivity index (χ0v) is 12.1. The van der Waals surface area contributed by atoms with Crippen molar-refractivity contribution in [3.63, 3.8) is 0 Å². The van der Waals surface area contributed by atoms with E-state index >= 15 is 0 Å². The lowest BCUT2D eigenvalue weighted by Gasteiger charge is -2.36. The lowest BCUT2D eigenvalue weighted by molar-refractivity contribution is 0.0846. The van der Waals surface area contributed by atoms with Crippen molar-refractivity contribution in [2.75, 3.05) is 24.7 Å². The molecule has 1 fully saturated rings. The third-order valence-electron chi connectivity index (χ3n) is 4.07. The Kier molecular flexibility index (Phi) is 4.33. The summed E-state index contributed by atoms with van der Waals surface area (Å²) >= 11 is 0. The van der Waals surface area contributed by atoms with Crippen LogP contribution in [0.5, 0.6) is 0 Å². The molecule has 0 radical (unpaired) electrons. The van der Waals surface area contributed by atoms with E-state index in [1.54, 1.807) is 0 Å².